The zero-order valence-electron chi connectivity index (χ0n) is 11.1. The van der Waals surface area contributed by atoms with Gasteiger partial charge in [-0.3, -0.25) is 0 Å². The minimum Gasteiger partial charge on any atom is -0.465 e. The van der Waals surface area contributed by atoms with Gasteiger partial charge in [-0.1, -0.05) is 31.9 Å². The number of methoxy groups -OCH3 is 1. The van der Waals surface area contributed by atoms with E-state index in [4.69, 9.17) is 0 Å². The molecular weight excluding hydrogens is 443 g/mol. The van der Waals surface area contributed by atoms with Crippen LogP contribution in [0.15, 0.2) is 55.1 Å². The smallest absolute Gasteiger partial charge is 0.337 e. The average Bonchev–Trinajstić information content (AvgIpc) is 2.44. The second-order valence-electron chi connectivity index (χ2n) is 4.28. The summed E-state index contributed by atoms with van der Waals surface area (Å²) >= 11 is 6.20. The molecule has 0 bridgehead atoms. The Hall–Kier alpha value is -1.25. The van der Waals surface area contributed by atoms with Crippen molar-refractivity contribution in [3.05, 3.63) is 56.7 Å². The molecule has 4 nitrogen and oxygen atoms in total. The number of hydrogen-bond donors (Lipinski definition) is 0. The number of carbonyl (C=O) groups excluding carboxylic acids is 1. The van der Waals surface area contributed by atoms with Gasteiger partial charge in [0, 0.05) is 8.95 Å². The molecular formula is C14H9Br2FO4S. The minimum atomic E-state index is -3.98. The molecule has 0 amide bonds. The highest BCUT2D eigenvalue weighted by atomic mass is 79.9. The number of esters is 1. The number of benzene rings is 2. The van der Waals surface area contributed by atoms with Crippen LogP contribution in [0.3, 0.4) is 0 Å². The van der Waals surface area contributed by atoms with E-state index in [9.17, 15) is 17.6 Å². The van der Waals surface area contributed by atoms with Crippen LogP contribution in [0.1, 0.15) is 10.4 Å². The van der Waals surface area contributed by atoms with Gasteiger partial charge in [0.25, 0.3) is 0 Å². The highest BCUT2D eigenvalue weighted by Crippen LogP contribution is 2.28. The van der Waals surface area contributed by atoms with Gasteiger partial charge < -0.3 is 4.74 Å². The molecule has 0 fully saturated rings. The van der Waals surface area contributed by atoms with Crippen LogP contribution >= 0.6 is 31.9 Å². The van der Waals surface area contributed by atoms with E-state index < -0.39 is 21.6 Å². The lowest BCUT2D eigenvalue weighted by Gasteiger charge is -2.08. The molecule has 0 heterocycles. The molecule has 116 valence electrons. The Kier molecular flexibility index (Phi) is 5.03. The molecule has 2 rings (SSSR count). The van der Waals surface area contributed by atoms with Gasteiger partial charge in [-0.15, -0.1) is 0 Å². The van der Waals surface area contributed by atoms with E-state index in [0.717, 1.165) is 12.1 Å². The first-order valence-corrected chi connectivity index (χ1v) is 8.91. The first kappa shape index (κ1) is 17.1. The van der Waals surface area contributed by atoms with Crippen LogP contribution in [0.4, 0.5) is 4.39 Å². The summed E-state index contributed by atoms with van der Waals surface area (Å²) in [4.78, 5) is 11.2. The zero-order valence-corrected chi connectivity index (χ0v) is 15.1. The van der Waals surface area contributed by atoms with Gasteiger partial charge in [-0.2, -0.15) is 0 Å². The molecule has 0 N–H and O–H groups in total. The van der Waals surface area contributed by atoms with Crippen molar-refractivity contribution in [2.75, 3.05) is 7.11 Å². The fourth-order valence-corrected chi connectivity index (χ4v) is 4.42. The summed E-state index contributed by atoms with van der Waals surface area (Å²) in [5, 5.41) is 0. The molecule has 0 aliphatic carbocycles. The number of sulfone groups is 1. The Morgan fingerprint density at radius 3 is 2.09 bits per heavy atom. The number of ether oxygens (including phenoxy) is 1. The SMILES string of the molecule is COC(=O)c1cc(Br)cc(S(=O)(=O)c2cc(F)cc(Br)c2)c1. The molecule has 2 aromatic rings. The number of halogens is 3. The third-order valence-electron chi connectivity index (χ3n) is 2.75. The lowest BCUT2D eigenvalue weighted by atomic mass is 10.2. The van der Waals surface area contributed by atoms with Gasteiger partial charge in [0.05, 0.1) is 22.5 Å². The topological polar surface area (TPSA) is 60.4 Å². The number of hydrogen-bond acceptors (Lipinski definition) is 4. The van der Waals surface area contributed by atoms with Crippen molar-refractivity contribution < 1.29 is 22.3 Å². The molecule has 0 aliphatic heterocycles. The van der Waals surface area contributed by atoms with E-state index in [1.165, 1.54) is 31.4 Å². The van der Waals surface area contributed by atoms with Gasteiger partial charge in [0.1, 0.15) is 5.82 Å². The Balaban J connectivity index is 2.63. The van der Waals surface area contributed by atoms with Gasteiger partial charge in [-0.05, 0) is 36.4 Å². The predicted octanol–water partition coefficient (Wildman–Crippen LogP) is 3.97. The van der Waals surface area contributed by atoms with E-state index in [1.54, 1.807) is 0 Å². The van der Waals surface area contributed by atoms with E-state index in [2.05, 4.69) is 36.6 Å². The van der Waals surface area contributed by atoms with Crippen molar-refractivity contribution in [3.63, 3.8) is 0 Å². The van der Waals surface area contributed by atoms with Crippen molar-refractivity contribution in [1.29, 1.82) is 0 Å². The number of rotatable bonds is 3. The fourth-order valence-electron chi connectivity index (χ4n) is 1.77. The first-order valence-electron chi connectivity index (χ1n) is 5.84. The lowest BCUT2D eigenvalue weighted by molar-refractivity contribution is 0.0600. The second-order valence-corrected chi connectivity index (χ2v) is 8.06. The van der Waals surface area contributed by atoms with E-state index >= 15 is 0 Å². The standard InChI is InChI=1S/C14H9Br2FO4S/c1-21-14(18)8-2-9(15)5-12(3-8)22(19,20)13-6-10(16)4-11(17)7-13/h2-7H,1H3. The van der Waals surface area contributed by atoms with Crippen LogP contribution in [0, 0.1) is 5.82 Å². The summed E-state index contributed by atoms with van der Waals surface area (Å²) in [5.74, 6) is -1.35. The van der Waals surface area contributed by atoms with E-state index in [-0.39, 0.29) is 15.4 Å². The van der Waals surface area contributed by atoms with Gasteiger partial charge >= 0.3 is 5.97 Å². The Morgan fingerprint density at radius 1 is 1.00 bits per heavy atom. The maximum atomic E-state index is 13.4. The van der Waals surface area contributed by atoms with Gasteiger partial charge in [0.15, 0.2) is 0 Å². The van der Waals surface area contributed by atoms with Crippen molar-refractivity contribution in [2.24, 2.45) is 0 Å². The summed E-state index contributed by atoms with van der Waals surface area (Å²) in [5.41, 5.74) is 0.0749. The van der Waals surface area contributed by atoms with Crippen LogP contribution in [-0.2, 0) is 14.6 Å². The molecule has 0 aromatic heterocycles. The molecule has 0 spiro atoms. The zero-order chi connectivity index (χ0) is 16.5. The van der Waals surface area contributed by atoms with Crippen molar-refractivity contribution >= 4 is 47.7 Å². The maximum Gasteiger partial charge on any atom is 0.337 e. The molecule has 0 saturated carbocycles. The van der Waals surface area contributed by atoms with Crippen molar-refractivity contribution in [2.45, 2.75) is 9.79 Å². The molecule has 8 heteroatoms. The third-order valence-corrected chi connectivity index (χ3v) is 5.38. The monoisotopic (exact) mass is 450 g/mol. The highest BCUT2D eigenvalue weighted by Gasteiger charge is 2.21. The lowest BCUT2D eigenvalue weighted by Crippen LogP contribution is -2.07. The average molecular weight is 452 g/mol. The largest absolute Gasteiger partial charge is 0.465 e. The summed E-state index contributed by atoms with van der Waals surface area (Å²) in [6.07, 6.45) is 0. The first-order chi connectivity index (χ1) is 10.2. The van der Waals surface area contributed by atoms with Crippen molar-refractivity contribution in [3.8, 4) is 0 Å². The molecule has 22 heavy (non-hydrogen) atoms. The summed E-state index contributed by atoms with van der Waals surface area (Å²) in [6, 6.07) is 7.31. The van der Waals surface area contributed by atoms with Crippen LogP contribution in [0.5, 0.6) is 0 Å². The summed E-state index contributed by atoms with van der Waals surface area (Å²) in [6.45, 7) is 0. The molecule has 0 saturated heterocycles. The van der Waals surface area contributed by atoms with Crippen LogP contribution < -0.4 is 0 Å². The van der Waals surface area contributed by atoms with E-state index in [1.807, 2.05) is 0 Å². The van der Waals surface area contributed by atoms with Gasteiger partial charge in [-0.25, -0.2) is 17.6 Å². The van der Waals surface area contributed by atoms with E-state index in [0.29, 0.717) is 8.95 Å². The molecule has 0 aliphatic rings. The Labute approximate surface area is 143 Å². The molecule has 0 radical (unpaired) electrons. The fraction of sp³-hybridized carbons (Fsp3) is 0.0714. The summed E-state index contributed by atoms with van der Waals surface area (Å²) < 4.78 is 43.9. The molecule has 0 atom stereocenters. The van der Waals surface area contributed by atoms with Crippen molar-refractivity contribution in [1.82, 2.24) is 0 Å². The van der Waals surface area contributed by atoms with Crippen LogP contribution in [-0.4, -0.2) is 21.5 Å². The normalized spacial score (nSPS) is 11.3. The molecule has 0 unspecified atom stereocenters. The predicted molar refractivity (Wildman–Crippen MR) is 85.0 cm³/mol. The third kappa shape index (κ3) is 3.56. The van der Waals surface area contributed by atoms with Gasteiger partial charge in [0.2, 0.25) is 9.84 Å². The molecule has 2 aromatic carbocycles. The number of carbonyl (C=O) groups is 1. The highest BCUT2D eigenvalue weighted by molar-refractivity contribution is 9.10. The minimum absolute atomic E-state index is 0.0749. The Bertz CT molecular complexity index is 830. The summed E-state index contributed by atoms with van der Waals surface area (Å²) in [7, 11) is -2.78. The van der Waals surface area contributed by atoms with Crippen LogP contribution in [0.2, 0.25) is 0 Å². The second kappa shape index (κ2) is 6.47. The maximum absolute atomic E-state index is 13.4. The Morgan fingerprint density at radius 2 is 1.55 bits per heavy atom. The van der Waals surface area contributed by atoms with Crippen LogP contribution in [0.25, 0.3) is 0 Å². The quantitative estimate of drug-likeness (QED) is 0.662.